The van der Waals surface area contributed by atoms with Crippen molar-refractivity contribution >= 4 is 135 Å². The van der Waals surface area contributed by atoms with Crippen molar-refractivity contribution in [2.75, 3.05) is 0 Å². The highest BCUT2D eigenvalue weighted by atomic mass is 14.3. The second-order valence-corrected chi connectivity index (χ2v) is 17.5. The maximum absolute atomic E-state index is 2.53. The molecule has 0 heteroatoms. The van der Waals surface area contributed by atoms with Crippen LogP contribution >= 0.6 is 0 Å². The topological polar surface area (TPSA) is 0 Å². The van der Waals surface area contributed by atoms with Gasteiger partial charge in [0.2, 0.25) is 0 Å². The van der Waals surface area contributed by atoms with Gasteiger partial charge in [-0.2, -0.15) is 0 Å². The van der Waals surface area contributed by atoms with Gasteiger partial charge in [-0.15, -0.1) is 0 Å². The summed E-state index contributed by atoms with van der Waals surface area (Å²) in [5.41, 5.74) is 9.69. The van der Waals surface area contributed by atoms with E-state index in [1.54, 1.807) is 0 Å². The average Bonchev–Trinajstić information content (AvgIpc) is 3.90. The van der Waals surface area contributed by atoms with Crippen molar-refractivity contribution in [1.82, 2.24) is 0 Å². The zero-order valence-electron chi connectivity index (χ0n) is 36.2. The second-order valence-electron chi connectivity index (χ2n) is 17.5. The molecule has 13 aromatic carbocycles. The number of benzene rings is 11. The zero-order valence-corrected chi connectivity index (χ0v) is 36.2. The Kier molecular flexibility index (Phi) is 8.96. The summed E-state index contributed by atoms with van der Waals surface area (Å²) in [6, 6.07) is 75.3. The standard InChI is InChI=1S/C66H42/c1-5-17-43(18-6-1)31-35-47-37-38-48(36-32-44-19-7-2-8-20-44)62-59-41-57-52-28-16-30-56-64(52)60(42-58(57)51-27-15-29-55(61(47)62)63(51)59)66-54(40-34-46-23-11-4-12-24-46)50-26-14-13-25-49(50)53(65(56)66)39-33-45-21-9-3-10-22-45/h1-42H/b35-31+,36-32+,39-33+,40-34+. The van der Waals surface area contributed by atoms with E-state index in [0.717, 1.165) is 0 Å². The number of rotatable bonds is 8. The van der Waals surface area contributed by atoms with Gasteiger partial charge in [0.05, 0.1) is 0 Å². The van der Waals surface area contributed by atoms with Crippen LogP contribution in [0.3, 0.4) is 0 Å². The Bertz CT molecular complexity index is 4100. The average molecular weight is 835 g/mol. The highest BCUT2D eigenvalue weighted by molar-refractivity contribution is 6.43. The third kappa shape index (κ3) is 6.15. The first-order chi connectivity index (χ1) is 32.8. The fourth-order valence-corrected chi connectivity index (χ4v) is 10.9. The minimum atomic E-state index is 1.18. The largest absolute Gasteiger partial charge is 0.0622 e. The Labute approximate surface area is 383 Å². The Morgan fingerprint density at radius 3 is 0.939 bits per heavy atom. The third-order valence-electron chi connectivity index (χ3n) is 13.8. The molecule has 0 aliphatic rings. The molecule has 0 heterocycles. The summed E-state index contributed by atoms with van der Waals surface area (Å²) in [7, 11) is 0. The van der Waals surface area contributed by atoms with E-state index in [-0.39, 0.29) is 0 Å². The van der Waals surface area contributed by atoms with Crippen molar-refractivity contribution in [2.24, 2.45) is 0 Å². The minimum Gasteiger partial charge on any atom is -0.0622 e. The predicted octanol–water partition coefficient (Wildman–Crippen LogP) is 18.5. The highest BCUT2D eigenvalue weighted by Crippen LogP contribution is 2.51. The molecule has 0 spiro atoms. The van der Waals surface area contributed by atoms with E-state index in [0.29, 0.717) is 0 Å². The molecule has 0 saturated heterocycles. The first-order valence-corrected chi connectivity index (χ1v) is 22.9. The zero-order chi connectivity index (χ0) is 43.6. The van der Waals surface area contributed by atoms with E-state index >= 15 is 0 Å². The summed E-state index contributed by atoms with van der Waals surface area (Å²) < 4.78 is 0. The molecule has 306 valence electrons. The molecule has 0 aromatic heterocycles. The molecule has 66 heavy (non-hydrogen) atoms. The molecule has 0 saturated carbocycles. The first-order valence-electron chi connectivity index (χ1n) is 22.9. The number of fused-ring (bicyclic) bond motifs is 10. The molecule has 0 fully saturated rings. The summed E-state index contributed by atoms with van der Waals surface area (Å²) in [6.45, 7) is 0. The van der Waals surface area contributed by atoms with Gasteiger partial charge >= 0.3 is 0 Å². The molecule has 0 nitrogen and oxygen atoms in total. The Hall–Kier alpha value is -8.58. The van der Waals surface area contributed by atoms with Gasteiger partial charge in [0.25, 0.3) is 0 Å². The predicted molar refractivity (Wildman–Crippen MR) is 290 cm³/mol. The molecular formula is C66H42. The van der Waals surface area contributed by atoms with Crippen LogP contribution in [0.1, 0.15) is 44.5 Å². The van der Waals surface area contributed by atoms with Gasteiger partial charge < -0.3 is 0 Å². The Morgan fingerprint density at radius 1 is 0.182 bits per heavy atom. The fourth-order valence-electron chi connectivity index (χ4n) is 10.9. The molecule has 0 aliphatic heterocycles. The molecule has 0 unspecified atom stereocenters. The van der Waals surface area contributed by atoms with E-state index < -0.39 is 0 Å². The van der Waals surface area contributed by atoms with Gasteiger partial charge in [0.1, 0.15) is 0 Å². The molecule has 0 radical (unpaired) electrons. The fraction of sp³-hybridized carbons (Fsp3) is 0. The summed E-state index contributed by atoms with van der Waals surface area (Å²) in [4.78, 5) is 0. The molecule has 0 amide bonds. The van der Waals surface area contributed by atoms with Crippen molar-refractivity contribution in [2.45, 2.75) is 0 Å². The van der Waals surface area contributed by atoms with Crippen LogP contribution in [-0.2, 0) is 0 Å². The lowest BCUT2D eigenvalue weighted by atomic mass is 9.91. The van der Waals surface area contributed by atoms with Gasteiger partial charge in [-0.3, -0.25) is 0 Å². The summed E-state index contributed by atoms with van der Waals surface area (Å²) in [5.74, 6) is 0. The maximum atomic E-state index is 2.53. The van der Waals surface area contributed by atoms with E-state index in [4.69, 9.17) is 0 Å². The molecule has 0 atom stereocenters. The SMILES string of the molecule is C(=C\c1ccc(/C=C/c2ccccc2)c2c3cc4c(cc5c6c(/C=C/c7ccccc7)c7ccccc7c(/C=C/c7ccccc7)c6c6cccc4c65)c4cccc(c12)c43)/c1ccccc1. The van der Waals surface area contributed by atoms with Crippen molar-refractivity contribution in [3.05, 3.63) is 251 Å². The van der Waals surface area contributed by atoms with Gasteiger partial charge in [0.15, 0.2) is 0 Å². The maximum Gasteiger partial charge on any atom is -0.00134 e. The molecule has 0 aliphatic carbocycles. The van der Waals surface area contributed by atoms with Crippen molar-refractivity contribution in [3.8, 4) is 0 Å². The Morgan fingerprint density at radius 2 is 0.500 bits per heavy atom. The lowest BCUT2D eigenvalue weighted by molar-refractivity contribution is 1.66. The van der Waals surface area contributed by atoms with Crippen LogP contribution in [-0.4, -0.2) is 0 Å². The number of hydrogen-bond donors (Lipinski definition) is 0. The smallest absolute Gasteiger partial charge is 0.00134 e. The van der Waals surface area contributed by atoms with Gasteiger partial charge in [-0.25, -0.2) is 0 Å². The van der Waals surface area contributed by atoms with Crippen LogP contribution in [0.4, 0.5) is 0 Å². The van der Waals surface area contributed by atoms with Gasteiger partial charge in [-0.1, -0.05) is 243 Å². The highest BCUT2D eigenvalue weighted by Gasteiger charge is 2.24. The Balaban J connectivity index is 1.16. The van der Waals surface area contributed by atoms with Crippen LogP contribution in [0.25, 0.3) is 135 Å². The molecule has 13 rings (SSSR count). The van der Waals surface area contributed by atoms with E-state index in [2.05, 4.69) is 255 Å². The quantitative estimate of drug-likeness (QED) is 0.106. The molecule has 13 aromatic rings. The van der Waals surface area contributed by atoms with Crippen LogP contribution in [0, 0.1) is 0 Å². The normalized spacial score (nSPS) is 12.6. The van der Waals surface area contributed by atoms with Crippen LogP contribution in [0.15, 0.2) is 206 Å². The van der Waals surface area contributed by atoms with Crippen LogP contribution in [0.2, 0.25) is 0 Å². The van der Waals surface area contributed by atoms with Gasteiger partial charge in [-0.05, 0) is 143 Å². The summed E-state index contributed by atoms with van der Waals surface area (Å²) in [5, 5.41) is 20.7. The van der Waals surface area contributed by atoms with Crippen molar-refractivity contribution in [1.29, 1.82) is 0 Å². The van der Waals surface area contributed by atoms with Crippen molar-refractivity contribution < 1.29 is 0 Å². The monoisotopic (exact) mass is 834 g/mol. The lowest BCUT2D eigenvalue weighted by Crippen LogP contribution is -1.87. The van der Waals surface area contributed by atoms with E-state index in [1.807, 2.05) is 0 Å². The second kappa shape index (κ2) is 15.6. The van der Waals surface area contributed by atoms with Crippen molar-refractivity contribution in [3.63, 3.8) is 0 Å². The van der Waals surface area contributed by atoms with Gasteiger partial charge in [0, 0.05) is 0 Å². The van der Waals surface area contributed by atoms with E-state index in [1.165, 1.54) is 131 Å². The van der Waals surface area contributed by atoms with E-state index in [9.17, 15) is 0 Å². The summed E-state index contributed by atoms with van der Waals surface area (Å²) in [6.07, 6.45) is 18.4. The molecule has 0 N–H and O–H groups in total. The molecular weight excluding hydrogens is 793 g/mol. The summed E-state index contributed by atoms with van der Waals surface area (Å²) >= 11 is 0. The minimum absolute atomic E-state index is 1.18. The lowest BCUT2D eigenvalue weighted by Gasteiger charge is -2.12. The number of hydrogen-bond acceptors (Lipinski definition) is 0. The van der Waals surface area contributed by atoms with Crippen LogP contribution in [0.5, 0.6) is 0 Å². The van der Waals surface area contributed by atoms with Crippen LogP contribution < -0.4 is 0 Å². The first kappa shape index (κ1) is 37.9. The molecule has 0 bridgehead atoms. The third-order valence-corrected chi connectivity index (χ3v) is 13.8.